The third-order valence-corrected chi connectivity index (χ3v) is 18.0. The predicted octanol–water partition coefficient (Wildman–Crippen LogP) is 19.2. The van der Waals surface area contributed by atoms with Crippen molar-refractivity contribution >= 4 is 39.5 Å². The first-order chi connectivity index (χ1) is 41.9. The smallest absolute Gasteiger partial charge is 0.462 e. The fraction of sp³-hybridized carbons (Fsp3) is 0.941. The maximum Gasteiger partial charge on any atom is 0.472 e. The van der Waals surface area contributed by atoms with Crippen molar-refractivity contribution in [3.63, 3.8) is 0 Å². The standard InChI is InChI=1S/C68H132O17P2/c1-7-10-12-14-16-18-23-28-32-39-45-51-66(71)78-56-63(84-67(72)52-46-40-33-29-25-22-20-21-24-26-30-36-42-48-60(4)5)58-82-86(74,75)80-54-62(69)55-81-87(76,77)83-59-64(85-68(73)53-47-41-35-34-37-43-49-61(6)9-3)57-79-65(70)50-44-38-31-27-19-17-15-13-11-8-2/h60-64,69H,7-59H2,1-6H3,(H,74,75)(H,76,77)/t61?,62-,63-,64-/m1/s1. The van der Waals surface area contributed by atoms with Crippen molar-refractivity contribution in [3.8, 4) is 0 Å². The summed E-state index contributed by atoms with van der Waals surface area (Å²) in [5.41, 5.74) is 0. The van der Waals surface area contributed by atoms with Crippen LogP contribution in [0.4, 0.5) is 0 Å². The quantitative estimate of drug-likeness (QED) is 0.0222. The molecule has 0 heterocycles. The zero-order chi connectivity index (χ0) is 64.3. The number of carbonyl (C=O) groups excluding carboxylic acids is 4. The molecule has 0 amide bonds. The van der Waals surface area contributed by atoms with Crippen molar-refractivity contribution < 1.29 is 80.2 Å². The van der Waals surface area contributed by atoms with Crippen molar-refractivity contribution in [2.75, 3.05) is 39.6 Å². The number of phosphoric ester groups is 2. The van der Waals surface area contributed by atoms with Gasteiger partial charge in [-0.3, -0.25) is 37.3 Å². The predicted molar refractivity (Wildman–Crippen MR) is 349 cm³/mol. The van der Waals surface area contributed by atoms with Crippen LogP contribution in [0.15, 0.2) is 0 Å². The monoisotopic (exact) mass is 1280 g/mol. The van der Waals surface area contributed by atoms with Crippen LogP contribution in [0.1, 0.15) is 343 Å². The Hall–Kier alpha value is -1.94. The van der Waals surface area contributed by atoms with Crippen molar-refractivity contribution in [3.05, 3.63) is 0 Å². The first-order valence-electron chi connectivity index (χ1n) is 35.5. The van der Waals surface area contributed by atoms with E-state index in [1.165, 1.54) is 161 Å². The molecule has 0 spiro atoms. The number of esters is 4. The molecule has 0 aliphatic rings. The van der Waals surface area contributed by atoms with Crippen LogP contribution >= 0.6 is 15.6 Å². The van der Waals surface area contributed by atoms with Crippen LogP contribution in [0.3, 0.4) is 0 Å². The molecule has 0 aromatic carbocycles. The van der Waals surface area contributed by atoms with Crippen molar-refractivity contribution in [1.29, 1.82) is 0 Å². The second-order valence-electron chi connectivity index (χ2n) is 25.3. The van der Waals surface area contributed by atoms with Crippen LogP contribution in [0.25, 0.3) is 0 Å². The average molecular weight is 1280 g/mol. The molecule has 3 N–H and O–H groups in total. The number of hydrogen-bond donors (Lipinski definition) is 3. The Morgan fingerprint density at radius 3 is 0.874 bits per heavy atom. The highest BCUT2D eigenvalue weighted by Crippen LogP contribution is 2.45. The van der Waals surface area contributed by atoms with E-state index in [1.54, 1.807) is 0 Å². The molecule has 0 rings (SSSR count). The summed E-state index contributed by atoms with van der Waals surface area (Å²) >= 11 is 0. The Bertz CT molecular complexity index is 1700. The molecule has 17 nitrogen and oxygen atoms in total. The summed E-state index contributed by atoms with van der Waals surface area (Å²) in [6.07, 6.45) is 44.4. The van der Waals surface area contributed by atoms with Gasteiger partial charge >= 0.3 is 39.5 Å². The maximum atomic E-state index is 13.0. The first-order valence-corrected chi connectivity index (χ1v) is 38.5. The van der Waals surface area contributed by atoms with E-state index < -0.39 is 97.5 Å². The maximum absolute atomic E-state index is 13.0. The third kappa shape index (κ3) is 61.3. The summed E-state index contributed by atoms with van der Waals surface area (Å²) in [5.74, 6) is -0.622. The van der Waals surface area contributed by atoms with E-state index in [0.717, 1.165) is 102 Å². The molecule has 0 aliphatic carbocycles. The molecule has 3 unspecified atom stereocenters. The summed E-state index contributed by atoms with van der Waals surface area (Å²) in [7, 11) is -9.89. The van der Waals surface area contributed by atoms with Crippen molar-refractivity contribution in [2.24, 2.45) is 11.8 Å². The molecule has 0 aromatic heterocycles. The SMILES string of the molecule is CCCCCCCCCCCCCC(=O)OC[C@H](COP(=O)(O)OC[C@@H](O)COP(=O)(O)OC[C@@H](COC(=O)CCCCCCCCCCCC)OC(=O)CCCCCCCCC(C)CC)OC(=O)CCCCCCCCCCCCCCCC(C)C. The normalized spacial score (nSPS) is 14.5. The third-order valence-electron chi connectivity index (χ3n) is 16.1. The Morgan fingerprint density at radius 2 is 0.586 bits per heavy atom. The van der Waals surface area contributed by atoms with Gasteiger partial charge in [-0.05, 0) is 37.5 Å². The summed E-state index contributed by atoms with van der Waals surface area (Å²) in [6, 6.07) is 0. The van der Waals surface area contributed by atoms with Gasteiger partial charge in [-0.15, -0.1) is 0 Å². The molecule has 0 aliphatic heterocycles. The van der Waals surface area contributed by atoms with Gasteiger partial charge in [0.25, 0.3) is 0 Å². The number of carbonyl (C=O) groups is 4. The minimum absolute atomic E-state index is 0.103. The molecule has 0 radical (unpaired) electrons. The molecular weight excluding hydrogens is 1150 g/mol. The molecule has 87 heavy (non-hydrogen) atoms. The van der Waals surface area contributed by atoms with Gasteiger partial charge in [-0.25, -0.2) is 9.13 Å². The Kier molecular flexibility index (Phi) is 59.0. The molecule has 0 saturated heterocycles. The molecule has 6 atom stereocenters. The minimum atomic E-state index is -4.95. The van der Waals surface area contributed by atoms with Gasteiger partial charge in [0.15, 0.2) is 12.2 Å². The van der Waals surface area contributed by atoms with Gasteiger partial charge in [0.2, 0.25) is 0 Å². The number of unbranched alkanes of at least 4 members (excludes halogenated alkanes) is 36. The van der Waals surface area contributed by atoms with Crippen molar-refractivity contribution in [2.45, 2.75) is 362 Å². The molecule has 19 heteroatoms. The number of ether oxygens (including phenoxy) is 4. The van der Waals surface area contributed by atoms with Crippen LogP contribution < -0.4 is 0 Å². The average Bonchev–Trinajstić information content (AvgIpc) is 3.69. The van der Waals surface area contributed by atoms with Gasteiger partial charge in [0.1, 0.15) is 19.3 Å². The van der Waals surface area contributed by atoms with E-state index in [-0.39, 0.29) is 25.7 Å². The number of hydrogen-bond acceptors (Lipinski definition) is 15. The Morgan fingerprint density at radius 1 is 0.333 bits per heavy atom. The Balaban J connectivity index is 5.23. The van der Waals surface area contributed by atoms with E-state index in [2.05, 4.69) is 41.5 Å². The molecule has 516 valence electrons. The van der Waals surface area contributed by atoms with E-state index >= 15 is 0 Å². The Labute approximate surface area is 530 Å². The number of aliphatic hydroxyl groups excluding tert-OH is 1. The number of phosphoric acid groups is 2. The van der Waals surface area contributed by atoms with Crippen molar-refractivity contribution in [1.82, 2.24) is 0 Å². The topological polar surface area (TPSA) is 237 Å². The lowest BCUT2D eigenvalue weighted by Gasteiger charge is -2.21. The lowest BCUT2D eigenvalue weighted by molar-refractivity contribution is -0.161. The van der Waals surface area contributed by atoms with Gasteiger partial charge in [0.05, 0.1) is 26.4 Å². The van der Waals surface area contributed by atoms with Gasteiger partial charge < -0.3 is 33.8 Å². The number of aliphatic hydroxyl groups is 1. The lowest BCUT2D eigenvalue weighted by Crippen LogP contribution is -2.30. The molecule has 0 saturated carbocycles. The van der Waals surface area contributed by atoms with Crippen LogP contribution in [0.5, 0.6) is 0 Å². The fourth-order valence-corrected chi connectivity index (χ4v) is 11.8. The second kappa shape index (κ2) is 60.3. The zero-order valence-electron chi connectivity index (χ0n) is 56.3. The van der Waals surface area contributed by atoms with Crippen LogP contribution in [-0.4, -0.2) is 96.7 Å². The largest absolute Gasteiger partial charge is 0.472 e. The molecule has 0 bridgehead atoms. The summed E-state index contributed by atoms with van der Waals surface area (Å²) in [4.78, 5) is 72.4. The highest BCUT2D eigenvalue weighted by molar-refractivity contribution is 7.47. The van der Waals surface area contributed by atoms with Gasteiger partial charge in [-0.2, -0.15) is 0 Å². The van der Waals surface area contributed by atoms with Gasteiger partial charge in [-0.1, -0.05) is 292 Å². The zero-order valence-corrected chi connectivity index (χ0v) is 58.1. The van der Waals surface area contributed by atoms with Crippen LogP contribution in [-0.2, 0) is 65.4 Å². The van der Waals surface area contributed by atoms with E-state index in [9.17, 15) is 43.2 Å². The summed E-state index contributed by atoms with van der Waals surface area (Å²) in [5, 5.41) is 10.6. The minimum Gasteiger partial charge on any atom is -0.462 e. The lowest BCUT2D eigenvalue weighted by atomic mass is 10.00. The van der Waals surface area contributed by atoms with Gasteiger partial charge in [0, 0.05) is 25.7 Å². The second-order valence-corrected chi connectivity index (χ2v) is 28.2. The van der Waals surface area contributed by atoms with E-state index in [0.29, 0.717) is 25.7 Å². The summed E-state index contributed by atoms with van der Waals surface area (Å²) < 4.78 is 68.2. The van der Waals surface area contributed by atoms with Crippen LogP contribution in [0, 0.1) is 11.8 Å². The number of rotatable bonds is 67. The molecule has 0 aromatic rings. The highest BCUT2D eigenvalue weighted by atomic mass is 31.2. The first kappa shape index (κ1) is 85.1. The molecular formula is C68H132O17P2. The fourth-order valence-electron chi connectivity index (χ4n) is 10.2. The summed E-state index contributed by atoms with van der Waals surface area (Å²) in [6.45, 7) is 9.49. The van der Waals surface area contributed by atoms with Crippen LogP contribution in [0.2, 0.25) is 0 Å². The molecule has 0 fully saturated rings. The van der Waals surface area contributed by atoms with E-state index in [4.69, 9.17) is 37.0 Å². The highest BCUT2D eigenvalue weighted by Gasteiger charge is 2.30. The van der Waals surface area contributed by atoms with E-state index in [1.807, 2.05) is 0 Å².